The molecule has 0 aliphatic carbocycles. The van der Waals surface area contributed by atoms with Crippen molar-refractivity contribution in [1.29, 1.82) is 0 Å². The first kappa shape index (κ1) is 14.9. The van der Waals surface area contributed by atoms with Crippen LogP contribution in [0.2, 0.25) is 0 Å². The number of carbonyl (C=O) groups excluding carboxylic acids is 2. The molecule has 0 aliphatic heterocycles. The summed E-state index contributed by atoms with van der Waals surface area (Å²) in [4.78, 5) is 23.1. The smallest absolute Gasteiger partial charge is 0.347 e. The third-order valence-electron chi connectivity index (χ3n) is 2.14. The van der Waals surface area contributed by atoms with Crippen molar-refractivity contribution in [3.8, 4) is 0 Å². The van der Waals surface area contributed by atoms with Gasteiger partial charge in [-0.1, -0.05) is 6.92 Å². The number of ether oxygens (including phenoxy) is 2. The van der Waals surface area contributed by atoms with E-state index < -0.39 is 18.0 Å². The summed E-state index contributed by atoms with van der Waals surface area (Å²) in [5.74, 6) is -1.04. The molecule has 0 amide bonds. The molecule has 98 valence electrons. The van der Waals surface area contributed by atoms with Crippen molar-refractivity contribution in [2.24, 2.45) is 0 Å². The SMILES string of the molecule is CCCOC(=O)[C@H](C)OC(=O)c1ccc(I)cc1. The van der Waals surface area contributed by atoms with Crippen LogP contribution >= 0.6 is 22.6 Å². The molecule has 0 N–H and O–H groups in total. The molecule has 0 heterocycles. The highest BCUT2D eigenvalue weighted by molar-refractivity contribution is 14.1. The molecule has 0 saturated carbocycles. The van der Waals surface area contributed by atoms with Crippen LogP contribution in [-0.4, -0.2) is 24.6 Å². The standard InChI is InChI=1S/C13H15IO4/c1-3-8-17-12(15)9(2)18-13(16)10-4-6-11(14)7-5-10/h4-7,9H,3,8H2,1-2H3/t9-/m0/s1. The molecular formula is C13H15IO4. The number of esters is 2. The van der Waals surface area contributed by atoms with Crippen molar-refractivity contribution in [3.05, 3.63) is 33.4 Å². The normalized spacial score (nSPS) is 11.7. The van der Waals surface area contributed by atoms with Gasteiger partial charge in [-0.05, 0) is 60.2 Å². The molecule has 5 heteroatoms. The Bertz CT molecular complexity index is 414. The quantitative estimate of drug-likeness (QED) is 0.597. The maximum atomic E-state index is 11.7. The van der Waals surface area contributed by atoms with Gasteiger partial charge in [0.25, 0.3) is 0 Å². The van der Waals surface area contributed by atoms with Gasteiger partial charge in [0.2, 0.25) is 0 Å². The van der Waals surface area contributed by atoms with Crippen LogP contribution in [0.4, 0.5) is 0 Å². The molecule has 0 bridgehead atoms. The highest BCUT2D eigenvalue weighted by atomic mass is 127. The van der Waals surface area contributed by atoms with Crippen molar-refractivity contribution in [1.82, 2.24) is 0 Å². The summed E-state index contributed by atoms with van der Waals surface area (Å²) in [6.45, 7) is 3.74. The second kappa shape index (κ2) is 7.35. The van der Waals surface area contributed by atoms with Gasteiger partial charge in [0, 0.05) is 3.57 Å². The summed E-state index contributed by atoms with van der Waals surface area (Å²) in [5, 5.41) is 0. The van der Waals surface area contributed by atoms with E-state index in [1.54, 1.807) is 24.3 Å². The van der Waals surface area contributed by atoms with Gasteiger partial charge in [0.15, 0.2) is 6.10 Å². The summed E-state index contributed by atoms with van der Waals surface area (Å²) in [7, 11) is 0. The molecule has 0 unspecified atom stereocenters. The lowest BCUT2D eigenvalue weighted by Gasteiger charge is -2.12. The van der Waals surface area contributed by atoms with E-state index in [0.29, 0.717) is 12.2 Å². The van der Waals surface area contributed by atoms with Crippen LogP contribution in [0.15, 0.2) is 24.3 Å². The van der Waals surface area contributed by atoms with Crippen molar-refractivity contribution in [3.63, 3.8) is 0 Å². The van der Waals surface area contributed by atoms with E-state index in [4.69, 9.17) is 9.47 Å². The first-order valence-corrected chi connectivity index (χ1v) is 6.75. The van der Waals surface area contributed by atoms with Crippen LogP contribution in [0.3, 0.4) is 0 Å². The van der Waals surface area contributed by atoms with Gasteiger partial charge in [-0.25, -0.2) is 9.59 Å². The zero-order valence-electron chi connectivity index (χ0n) is 10.3. The lowest BCUT2D eigenvalue weighted by molar-refractivity contribution is -0.153. The molecule has 1 atom stereocenters. The number of benzene rings is 1. The molecule has 1 aromatic carbocycles. The Labute approximate surface area is 120 Å². The van der Waals surface area contributed by atoms with Crippen LogP contribution in [0.25, 0.3) is 0 Å². The maximum Gasteiger partial charge on any atom is 0.347 e. The second-order valence-corrected chi connectivity index (χ2v) is 4.97. The van der Waals surface area contributed by atoms with Gasteiger partial charge in [-0.15, -0.1) is 0 Å². The summed E-state index contributed by atoms with van der Waals surface area (Å²) >= 11 is 2.14. The third-order valence-corrected chi connectivity index (χ3v) is 2.86. The van der Waals surface area contributed by atoms with Crippen LogP contribution in [-0.2, 0) is 14.3 Å². The average Bonchev–Trinajstić information content (AvgIpc) is 2.36. The van der Waals surface area contributed by atoms with E-state index in [-0.39, 0.29) is 0 Å². The topological polar surface area (TPSA) is 52.6 Å². The lowest BCUT2D eigenvalue weighted by Crippen LogP contribution is -2.26. The minimum Gasteiger partial charge on any atom is -0.463 e. The number of halogens is 1. The zero-order chi connectivity index (χ0) is 13.5. The maximum absolute atomic E-state index is 11.7. The van der Waals surface area contributed by atoms with Crippen LogP contribution in [0, 0.1) is 3.57 Å². The minimum atomic E-state index is -0.886. The molecule has 0 aromatic heterocycles. The highest BCUT2D eigenvalue weighted by Crippen LogP contribution is 2.09. The Morgan fingerprint density at radius 1 is 1.28 bits per heavy atom. The third kappa shape index (κ3) is 4.64. The largest absolute Gasteiger partial charge is 0.463 e. The Morgan fingerprint density at radius 3 is 2.44 bits per heavy atom. The number of rotatable bonds is 5. The Balaban J connectivity index is 2.53. The summed E-state index contributed by atoms with van der Waals surface area (Å²) in [6, 6.07) is 6.93. The van der Waals surface area contributed by atoms with Gasteiger partial charge in [0.1, 0.15) is 0 Å². The predicted octanol–water partition coefficient (Wildman–Crippen LogP) is 2.79. The molecule has 0 aliphatic rings. The predicted molar refractivity (Wildman–Crippen MR) is 75.3 cm³/mol. The van der Waals surface area contributed by atoms with Crippen molar-refractivity contribution < 1.29 is 19.1 Å². The molecule has 18 heavy (non-hydrogen) atoms. The van der Waals surface area contributed by atoms with E-state index in [0.717, 1.165) is 9.99 Å². The van der Waals surface area contributed by atoms with Gasteiger partial charge < -0.3 is 9.47 Å². The average molecular weight is 362 g/mol. The second-order valence-electron chi connectivity index (χ2n) is 3.72. The summed E-state index contributed by atoms with van der Waals surface area (Å²) in [5.41, 5.74) is 0.422. The Morgan fingerprint density at radius 2 is 1.89 bits per heavy atom. The van der Waals surface area contributed by atoms with E-state index in [9.17, 15) is 9.59 Å². The van der Waals surface area contributed by atoms with E-state index in [1.807, 2.05) is 6.92 Å². The van der Waals surface area contributed by atoms with Gasteiger partial charge >= 0.3 is 11.9 Å². The van der Waals surface area contributed by atoms with Gasteiger partial charge in [-0.2, -0.15) is 0 Å². The summed E-state index contributed by atoms with van der Waals surface area (Å²) in [6.07, 6.45) is -0.146. The van der Waals surface area contributed by atoms with Crippen LogP contribution < -0.4 is 0 Å². The molecular weight excluding hydrogens is 347 g/mol. The van der Waals surface area contributed by atoms with Crippen LogP contribution in [0.1, 0.15) is 30.6 Å². The highest BCUT2D eigenvalue weighted by Gasteiger charge is 2.19. The Kier molecular flexibility index (Phi) is 6.11. The van der Waals surface area contributed by atoms with Crippen molar-refractivity contribution >= 4 is 34.5 Å². The molecule has 0 radical (unpaired) electrons. The van der Waals surface area contributed by atoms with E-state index in [2.05, 4.69) is 22.6 Å². The fourth-order valence-electron chi connectivity index (χ4n) is 1.18. The fraction of sp³-hybridized carbons (Fsp3) is 0.385. The number of hydrogen-bond donors (Lipinski definition) is 0. The Hall–Kier alpha value is -1.11. The first-order valence-electron chi connectivity index (χ1n) is 5.67. The fourth-order valence-corrected chi connectivity index (χ4v) is 1.54. The minimum absolute atomic E-state index is 0.338. The monoisotopic (exact) mass is 362 g/mol. The molecule has 0 fully saturated rings. The zero-order valence-corrected chi connectivity index (χ0v) is 12.5. The van der Waals surface area contributed by atoms with Gasteiger partial charge in [0.05, 0.1) is 12.2 Å². The molecule has 0 spiro atoms. The van der Waals surface area contributed by atoms with E-state index in [1.165, 1.54) is 6.92 Å². The molecule has 1 rings (SSSR count). The number of carbonyl (C=O) groups is 2. The summed E-state index contributed by atoms with van der Waals surface area (Å²) < 4.78 is 10.9. The van der Waals surface area contributed by atoms with E-state index >= 15 is 0 Å². The van der Waals surface area contributed by atoms with Crippen molar-refractivity contribution in [2.75, 3.05) is 6.61 Å². The first-order chi connectivity index (χ1) is 8.54. The number of hydrogen-bond acceptors (Lipinski definition) is 4. The molecule has 1 aromatic rings. The molecule has 0 saturated heterocycles. The van der Waals surface area contributed by atoms with Gasteiger partial charge in [-0.3, -0.25) is 0 Å². The molecule has 4 nitrogen and oxygen atoms in total. The van der Waals surface area contributed by atoms with Crippen LogP contribution in [0.5, 0.6) is 0 Å². The van der Waals surface area contributed by atoms with Crippen molar-refractivity contribution in [2.45, 2.75) is 26.4 Å². The lowest BCUT2D eigenvalue weighted by atomic mass is 10.2.